The van der Waals surface area contributed by atoms with Crippen molar-refractivity contribution in [2.45, 2.75) is 39.7 Å². The molecule has 2 aliphatic heterocycles. The van der Waals surface area contributed by atoms with Gasteiger partial charge in [-0.25, -0.2) is 14.6 Å². The normalized spacial score (nSPS) is 17.2. The second-order valence-electron chi connectivity index (χ2n) is 8.87. The monoisotopic (exact) mass is 433 g/mol. The lowest BCUT2D eigenvalue weighted by molar-refractivity contribution is -0.132. The summed E-state index contributed by atoms with van der Waals surface area (Å²) >= 11 is 0. The van der Waals surface area contributed by atoms with Crippen LogP contribution in [0.1, 0.15) is 30.4 Å². The van der Waals surface area contributed by atoms with E-state index in [4.69, 9.17) is 0 Å². The summed E-state index contributed by atoms with van der Waals surface area (Å²) in [5.41, 5.74) is 4.64. The Morgan fingerprint density at radius 3 is 2.50 bits per heavy atom. The molecule has 2 fully saturated rings. The maximum Gasteiger partial charge on any atom is 0.244 e. The Morgan fingerprint density at radius 1 is 0.938 bits per heavy atom. The van der Waals surface area contributed by atoms with Crippen molar-refractivity contribution in [2.24, 2.45) is 0 Å². The van der Waals surface area contributed by atoms with E-state index in [1.54, 1.807) is 11.0 Å². The van der Waals surface area contributed by atoms with Crippen molar-refractivity contribution >= 4 is 28.4 Å². The number of rotatable bonds is 4. The van der Waals surface area contributed by atoms with Gasteiger partial charge < -0.3 is 14.7 Å². The van der Waals surface area contributed by atoms with Crippen LogP contribution in [0, 0.1) is 13.8 Å². The predicted molar refractivity (Wildman–Crippen MR) is 126 cm³/mol. The van der Waals surface area contributed by atoms with Crippen LogP contribution in [0.15, 0.2) is 30.7 Å². The molecule has 0 N–H and O–H groups in total. The second kappa shape index (κ2) is 8.76. The van der Waals surface area contributed by atoms with Gasteiger partial charge in [-0.3, -0.25) is 4.79 Å². The van der Waals surface area contributed by atoms with Crippen LogP contribution in [-0.4, -0.2) is 69.8 Å². The fourth-order valence-corrected chi connectivity index (χ4v) is 4.86. The van der Waals surface area contributed by atoms with Crippen molar-refractivity contribution in [2.75, 3.05) is 49.1 Å². The average molecular weight is 434 g/mol. The SMILES string of the molecule is Cc1cccc(N2CCN(C(=O)Cn3ncc4c(N5CCCCC5)ncnc43)CC2)c1C. The molecular weight excluding hydrogens is 402 g/mol. The number of fused-ring (bicyclic) bond motifs is 1. The van der Waals surface area contributed by atoms with E-state index >= 15 is 0 Å². The van der Waals surface area contributed by atoms with E-state index in [9.17, 15) is 4.79 Å². The number of hydrogen-bond donors (Lipinski definition) is 0. The van der Waals surface area contributed by atoms with Crippen LogP contribution in [0.5, 0.6) is 0 Å². The van der Waals surface area contributed by atoms with Gasteiger partial charge in [-0.2, -0.15) is 5.10 Å². The molecule has 8 heteroatoms. The number of amides is 1. The molecule has 3 aromatic rings. The zero-order chi connectivity index (χ0) is 22.1. The standard InChI is InChI=1S/C24H31N7O/c1-18-7-6-8-21(19(18)2)28-11-13-29(14-12-28)22(32)16-31-24-20(15-27-31)23(25-17-26-24)30-9-4-3-5-10-30/h6-8,15,17H,3-5,9-14,16H2,1-2H3. The fraction of sp³-hybridized carbons (Fsp3) is 0.500. The third kappa shape index (κ3) is 3.89. The minimum absolute atomic E-state index is 0.0914. The Morgan fingerprint density at radius 2 is 1.72 bits per heavy atom. The van der Waals surface area contributed by atoms with Crippen molar-refractivity contribution in [1.29, 1.82) is 0 Å². The minimum Gasteiger partial charge on any atom is -0.368 e. The lowest BCUT2D eigenvalue weighted by Gasteiger charge is -2.37. The molecule has 0 bridgehead atoms. The van der Waals surface area contributed by atoms with E-state index in [2.05, 4.69) is 56.9 Å². The highest BCUT2D eigenvalue weighted by Gasteiger charge is 2.24. The van der Waals surface area contributed by atoms with Crippen LogP contribution in [0.25, 0.3) is 11.0 Å². The van der Waals surface area contributed by atoms with Gasteiger partial charge in [0.25, 0.3) is 0 Å². The number of hydrogen-bond acceptors (Lipinski definition) is 6. The molecule has 1 aromatic carbocycles. The van der Waals surface area contributed by atoms with Gasteiger partial charge in [-0.15, -0.1) is 0 Å². The maximum atomic E-state index is 13.1. The summed E-state index contributed by atoms with van der Waals surface area (Å²) in [6.07, 6.45) is 7.05. The highest BCUT2D eigenvalue weighted by atomic mass is 16.2. The number of anilines is 2. The topological polar surface area (TPSA) is 70.4 Å². The minimum atomic E-state index is 0.0914. The van der Waals surface area contributed by atoms with Crippen molar-refractivity contribution in [3.05, 3.63) is 41.9 Å². The van der Waals surface area contributed by atoms with Gasteiger partial charge in [-0.1, -0.05) is 12.1 Å². The Hall–Kier alpha value is -3.16. The first-order valence-corrected chi connectivity index (χ1v) is 11.6. The molecule has 2 aliphatic rings. The Labute approximate surface area is 188 Å². The maximum absolute atomic E-state index is 13.1. The number of carbonyl (C=O) groups excluding carboxylic acids is 1. The van der Waals surface area contributed by atoms with Gasteiger partial charge in [0, 0.05) is 45.0 Å². The molecule has 0 radical (unpaired) electrons. The summed E-state index contributed by atoms with van der Waals surface area (Å²) in [7, 11) is 0. The molecule has 32 heavy (non-hydrogen) atoms. The zero-order valence-electron chi connectivity index (χ0n) is 19.0. The Bertz CT molecular complexity index is 1110. The summed E-state index contributed by atoms with van der Waals surface area (Å²) in [5, 5.41) is 5.43. The third-order valence-electron chi connectivity index (χ3n) is 6.90. The molecule has 168 valence electrons. The number of piperidine rings is 1. The fourth-order valence-electron chi connectivity index (χ4n) is 4.86. The van der Waals surface area contributed by atoms with Gasteiger partial charge in [-0.05, 0) is 50.3 Å². The number of carbonyl (C=O) groups is 1. The summed E-state index contributed by atoms with van der Waals surface area (Å²) in [6, 6.07) is 6.43. The summed E-state index contributed by atoms with van der Waals surface area (Å²) in [6.45, 7) is 9.69. The van der Waals surface area contributed by atoms with Crippen LogP contribution in [0.3, 0.4) is 0 Å². The Balaban J connectivity index is 1.26. The van der Waals surface area contributed by atoms with E-state index in [0.717, 1.165) is 56.1 Å². The Kier molecular flexibility index (Phi) is 5.68. The number of aromatic nitrogens is 4. The lowest BCUT2D eigenvalue weighted by Crippen LogP contribution is -2.49. The van der Waals surface area contributed by atoms with Gasteiger partial charge in [0.1, 0.15) is 18.7 Å². The van der Waals surface area contributed by atoms with E-state index < -0.39 is 0 Å². The van der Waals surface area contributed by atoms with Crippen LogP contribution < -0.4 is 9.80 Å². The first-order chi connectivity index (χ1) is 15.6. The van der Waals surface area contributed by atoms with Gasteiger partial charge in [0.15, 0.2) is 5.65 Å². The summed E-state index contributed by atoms with van der Waals surface area (Å²) in [5.74, 6) is 1.03. The molecule has 8 nitrogen and oxygen atoms in total. The van der Waals surface area contributed by atoms with Crippen molar-refractivity contribution in [3.63, 3.8) is 0 Å². The second-order valence-corrected chi connectivity index (χ2v) is 8.87. The average Bonchev–Trinajstić information content (AvgIpc) is 3.24. The lowest BCUT2D eigenvalue weighted by atomic mass is 10.1. The van der Waals surface area contributed by atoms with E-state index in [1.807, 2.05) is 11.1 Å². The number of aryl methyl sites for hydroxylation is 1. The van der Waals surface area contributed by atoms with Gasteiger partial charge in [0.2, 0.25) is 5.91 Å². The van der Waals surface area contributed by atoms with Gasteiger partial charge in [0.05, 0.1) is 11.6 Å². The van der Waals surface area contributed by atoms with Crippen LogP contribution in [0.2, 0.25) is 0 Å². The van der Waals surface area contributed by atoms with Crippen LogP contribution >= 0.6 is 0 Å². The molecule has 0 unspecified atom stereocenters. The van der Waals surface area contributed by atoms with Crippen molar-refractivity contribution < 1.29 is 4.79 Å². The molecule has 2 aromatic heterocycles. The molecule has 1 amide bonds. The predicted octanol–water partition coefficient (Wildman–Crippen LogP) is 2.78. The molecule has 0 spiro atoms. The summed E-state index contributed by atoms with van der Waals surface area (Å²) in [4.78, 5) is 28.7. The van der Waals surface area contributed by atoms with E-state index in [0.29, 0.717) is 0 Å². The molecule has 4 heterocycles. The third-order valence-corrected chi connectivity index (χ3v) is 6.90. The van der Waals surface area contributed by atoms with Crippen LogP contribution in [0.4, 0.5) is 11.5 Å². The summed E-state index contributed by atoms with van der Waals surface area (Å²) < 4.78 is 1.73. The number of nitrogens with zero attached hydrogens (tertiary/aromatic N) is 7. The van der Waals surface area contributed by atoms with Crippen LogP contribution in [-0.2, 0) is 11.3 Å². The van der Waals surface area contributed by atoms with E-state index in [-0.39, 0.29) is 12.5 Å². The molecule has 2 saturated heterocycles. The zero-order valence-corrected chi connectivity index (χ0v) is 19.0. The van der Waals surface area contributed by atoms with Crippen molar-refractivity contribution in [1.82, 2.24) is 24.6 Å². The first-order valence-electron chi connectivity index (χ1n) is 11.6. The van der Waals surface area contributed by atoms with Crippen molar-refractivity contribution in [3.8, 4) is 0 Å². The number of benzene rings is 1. The number of piperazine rings is 1. The smallest absolute Gasteiger partial charge is 0.244 e. The van der Waals surface area contributed by atoms with Gasteiger partial charge >= 0.3 is 0 Å². The quantitative estimate of drug-likeness (QED) is 0.630. The molecule has 5 rings (SSSR count). The van der Waals surface area contributed by atoms with E-state index in [1.165, 1.54) is 36.1 Å². The first kappa shape index (κ1) is 20.7. The largest absolute Gasteiger partial charge is 0.368 e. The molecule has 0 atom stereocenters. The molecular formula is C24H31N7O. The highest BCUT2D eigenvalue weighted by Crippen LogP contribution is 2.26. The highest BCUT2D eigenvalue weighted by molar-refractivity contribution is 5.88. The molecule has 0 saturated carbocycles. The molecule has 0 aliphatic carbocycles.